The van der Waals surface area contributed by atoms with Crippen LogP contribution in [-0.2, 0) is 7.05 Å². The maximum atomic E-state index is 12.1. The highest BCUT2D eigenvalue weighted by molar-refractivity contribution is 6.07. The van der Waals surface area contributed by atoms with E-state index in [1.807, 2.05) is 0 Å². The summed E-state index contributed by atoms with van der Waals surface area (Å²) in [5.41, 5.74) is 6.80. The Morgan fingerprint density at radius 1 is 1.30 bits per heavy atom. The van der Waals surface area contributed by atoms with Crippen LogP contribution in [0.3, 0.4) is 0 Å². The molecule has 7 heteroatoms. The maximum absolute atomic E-state index is 12.1. The molecule has 104 valence electrons. The number of rotatable bonds is 3. The number of anilines is 2. The zero-order chi connectivity index (χ0) is 14.9. The van der Waals surface area contributed by atoms with Crippen molar-refractivity contribution >= 4 is 23.4 Å². The smallest absolute Gasteiger partial charge is 0.341 e. The molecular formula is C13H14N4O3. The van der Waals surface area contributed by atoms with Crippen LogP contribution in [0.5, 0.6) is 0 Å². The molecule has 0 saturated heterocycles. The van der Waals surface area contributed by atoms with E-state index in [2.05, 4.69) is 10.4 Å². The van der Waals surface area contributed by atoms with Gasteiger partial charge in [0.2, 0.25) is 0 Å². The van der Waals surface area contributed by atoms with Gasteiger partial charge in [-0.2, -0.15) is 5.10 Å². The van der Waals surface area contributed by atoms with E-state index in [-0.39, 0.29) is 11.4 Å². The van der Waals surface area contributed by atoms with E-state index in [9.17, 15) is 9.59 Å². The molecule has 7 nitrogen and oxygen atoms in total. The van der Waals surface area contributed by atoms with Gasteiger partial charge in [0.25, 0.3) is 5.91 Å². The van der Waals surface area contributed by atoms with Crippen molar-refractivity contribution in [3.63, 3.8) is 0 Å². The normalized spacial score (nSPS) is 10.3. The van der Waals surface area contributed by atoms with Crippen LogP contribution in [-0.4, -0.2) is 26.8 Å². The van der Waals surface area contributed by atoms with Crippen LogP contribution in [0, 0.1) is 6.92 Å². The third-order valence-corrected chi connectivity index (χ3v) is 2.84. The van der Waals surface area contributed by atoms with Crippen molar-refractivity contribution in [1.29, 1.82) is 0 Å². The molecule has 0 saturated carbocycles. The molecule has 1 aromatic heterocycles. The third kappa shape index (κ3) is 2.46. The molecule has 1 heterocycles. The first kappa shape index (κ1) is 13.6. The Labute approximate surface area is 115 Å². The van der Waals surface area contributed by atoms with Crippen molar-refractivity contribution < 1.29 is 14.7 Å². The minimum absolute atomic E-state index is 0.0173. The second-order valence-electron chi connectivity index (χ2n) is 4.31. The van der Waals surface area contributed by atoms with E-state index in [4.69, 9.17) is 10.8 Å². The zero-order valence-electron chi connectivity index (χ0n) is 11.0. The number of hydrogen-bond donors (Lipinski definition) is 3. The van der Waals surface area contributed by atoms with Gasteiger partial charge in [-0.3, -0.25) is 9.48 Å². The number of nitrogen functional groups attached to an aromatic ring is 1. The molecule has 0 aliphatic rings. The van der Waals surface area contributed by atoms with Gasteiger partial charge in [-0.25, -0.2) is 4.79 Å². The topological polar surface area (TPSA) is 110 Å². The number of amides is 1. The van der Waals surface area contributed by atoms with Gasteiger partial charge < -0.3 is 16.2 Å². The van der Waals surface area contributed by atoms with Gasteiger partial charge in [0.05, 0.1) is 5.69 Å². The first-order valence-corrected chi connectivity index (χ1v) is 5.84. The predicted molar refractivity (Wildman–Crippen MR) is 73.7 cm³/mol. The average molecular weight is 274 g/mol. The number of nitrogens with zero attached hydrogens (tertiary/aromatic N) is 2. The number of nitrogens with two attached hydrogens (primary N) is 1. The van der Waals surface area contributed by atoms with Crippen LogP contribution in [0.1, 0.15) is 26.4 Å². The number of carboxylic acids is 1. The van der Waals surface area contributed by atoms with Crippen LogP contribution in [0.4, 0.5) is 11.5 Å². The van der Waals surface area contributed by atoms with Gasteiger partial charge in [0.1, 0.15) is 11.4 Å². The minimum Gasteiger partial charge on any atom is -0.477 e. The van der Waals surface area contributed by atoms with E-state index in [1.165, 1.54) is 4.68 Å². The molecule has 20 heavy (non-hydrogen) atoms. The van der Waals surface area contributed by atoms with Gasteiger partial charge in [0.15, 0.2) is 0 Å². The summed E-state index contributed by atoms with van der Waals surface area (Å²) < 4.78 is 1.33. The Bertz CT molecular complexity index is 674. The molecule has 4 N–H and O–H groups in total. The molecule has 2 aromatic rings. The summed E-state index contributed by atoms with van der Waals surface area (Å²) in [7, 11) is 1.57. The highest BCUT2D eigenvalue weighted by Crippen LogP contribution is 2.19. The number of nitrogens with one attached hydrogen (secondary N) is 1. The number of carbonyl (C=O) groups is 2. The molecule has 0 bridgehead atoms. The number of aromatic nitrogens is 2. The van der Waals surface area contributed by atoms with E-state index < -0.39 is 11.9 Å². The Morgan fingerprint density at radius 2 is 1.90 bits per heavy atom. The number of aromatic carboxylic acids is 1. The monoisotopic (exact) mass is 274 g/mol. The third-order valence-electron chi connectivity index (χ3n) is 2.84. The first-order chi connectivity index (χ1) is 9.40. The molecule has 0 aliphatic carbocycles. The lowest BCUT2D eigenvalue weighted by Crippen LogP contribution is -2.17. The van der Waals surface area contributed by atoms with Gasteiger partial charge >= 0.3 is 5.97 Å². The molecular weight excluding hydrogens is 260 g/mol. The van der Waals surface area contributed by atoms with Crippen LogP contribution >= 0.6 is 0 Å². The average Bonchev–Trinajstić information content (AvgIpc) is 2.64. The van der Waals surface area contributed by atoms with Crippen LogP contribution < -0.4 is 11.1 Å². The summed E-state index contributed by atoms with van der Waals surface area (Å²) in [4.78, 5) is 23.3. The Hall–Kier alpha value is -2.83. The first-order valence-electron chi connectivity index (χ1n) is 5.84. The van der Waals surface area contributed by atoms with Crippen LogP contribution in [0.15, 0.2) is 24.3 Å². The number of hydrogen-bond acceptors (Lipinski definition) is 4. The summed E-state index contributed by atoms with van der Waals surface area (Å²) in [6.07, 6.45) is 0. The number of aryl methyl sites for hydroxylation is 2. The van der Waals surface area contributed by atoms with E-state index in [1.54, 1.807) is 38.2 Å². The van der Waals surface area contributed by atoms with Crippen molar-refractivity contribution in [3.8, 4) is 0 Å². The quantitative estimate of drug-likeness (QED) is 0.730. The van der Waals surface area contributed by atoms with Gasteiger partial charge in [-0.15, -0.1) is 0 Å². The summed E-state index contributed by atoms with van der Waals surface area (Å²) in [5, 5.41) is 15.7. The SMILES string of the molecule is Cc1nn(C)c(NC(=O)c2ccc(N)cc2)c1C(=O)O. The highest BCUT2D eigenvalue weighted by atomic mass is 16.4. The van der Waals surface area contributed by atoms with Gasteiger partial charge in [-0.1, -0.05) is 0 Å². The number of carboxylic acid groups (broad SMARTS) is 1. The zero-order valence-corrected chi connectivity index (χ0v) is 11.0. The Morgan fingerprint density at radius 3 is 2.45 bits per heavy atom. The van der Waals surface area contributed by atoms with Crippen molar-refractivity contribution in [2.75, 3.05) is 11.1 Å². The fourth-order valence-corrected chi connectivity index (χ4v) is 1.87. The highest BCUT2D eigenvalue weighted by Gasteiger charge is 2.21. The molecule has 0 radical (unpaired) electrons. The molecule has 0 spiro atoms. The summed E-state index contributed by atoms with van der Waals surface area (Å²) >= 11 is 0. The summed E-state index contributed by atoms with van der Waals surface area (Å²) in [5.74, 6) is -1.41. The van der Waals surface area contributed by atoms with E-state index in [0.29, 0.717) is 16.9 Å². The lowest BCUT2D eigenvalue weighted by atomic mass is 10.2. The molecule has 0 fully saturated rings. The lowest BCUT2D eigenvalue weighted by molar-refractivity contribution is 0.0697. The van der Waals surface area contributed by atoms with Crippen molar-refractivity contribution in [2.24, 2.45) is 7.05 Å². The molecule has 0 atom stereocenters. The van der Waals surface area contributed by atoms with Gasteiger partial charge in [0, 0.05) is 18.3 Å². The van der Waals surface area contributed by atoms with Crippen LogP contribution in [0.25, 0.3) is 0 Å². The van der Waals surface area contributed by atoms with E-state index in [0.717, 1.165) is 0 Å². The molecule has 2 rings (SSSR count). The fourth-order valence-electron chi connectivity index (χ4n) is 1.87. The second-order valence-corrected chi connectivity index (χ2v) is 4.31. The minimum atomic E-state index is -1.14. The van der Waals surface area contributed by atoms with Crippen molar-refractivity contribution in [3.05, 3.63) is 41.1 Å². The Balaban J connectivity index is 2.33. The largest absolute Gasteiger partial charge is 0.477 e. The van der Waals surface area contributed by atoms with Crippen molar-refractivity contribution in [2.45, 2.75) is 6.92 Å². The Kier molecular flexibility index (Phi) is 3.43. The second kappa shape index (κ2) is 5.04. The van der Waals surface area contributed by atoms with Gasteiger partial charge in [-0.05, 0) is 31.2 Å². The van der Waals surface area contributed by atoms with Crippen molar-refractivity contribution in [1.82, 2.24) is 9.78 Å². The van der Waals surface area contributed by atoms with E-state index >= 15 is 0 Å². The maximum Gasteiger partial charge on any atom is 0.341 e. The molecule has 0 unspecified atom stereocenters. The standard InChI is InChI=1S/C13H14N4O3/c1-7-10(13(19)20)11(17(2)16-7)15-12(18)8-3-5-9(14)6-4-8/h3-6H,14H2,1-2H3,(H,15,18)(H,19,20). The summed E-state index contributed by atoms with van der Waals surface area (Å²) in [6.45, 7) is 1.57. The predicted octanol–water partition coefficient (Wildman–Crippen LogP) is 1.26. The van der Waals surface area contributed by atoms with Crippen LogP contribution in [0.2, 0.25) is 0 Å². The summed E-state index contributed by atoms with van der Waals surface area (Å²) in [6, 6.07) is 6.33. The molecule has 1 amide bonds. The lowest BCUT2D eigenvalue weighted by Gasteiger charge is -2.07. The number of carbonyl (C=O) groups excluding carboxylic acids is 1. The molecule has 1 aromatic carbocycles. The molecule has 0 aliphatic heterocycles. The fraction of sp³-hybridized carbons (Fsp3) is 0.154. The number of benzene rings is 1.